The molecule has 0 bridgehead atoms. The van der Waals surface area contributed by atoms with Gasteiger partial charge in [-0.25, -0.2) is 9.48 Å². The quantitative estimate of drug-likeness (QED) is 0.696. The van der Waals surface area contributed by atoms with E-state index in [4.69, 9.17) is 4.42 Å². The van der Waals surface area contributed by atoms with Crippen LogP contribution in [0.3, 0.4) is 0 Å². The van der Waals surface area contributed by atoms with Crippen LogP contribution in [0.4, 0.5) is 13.2 Å². The van der Waals surface area contributed by atoms with E-state index < -0.39 is 17.5 Å². The van der Waals surface area contributed by atoms with E-state index >= 15 is 0 Å². The third-order valence-corrected chi connectivity index (χ3v) is 2.19. The van der Waals surface area contributed by atoms with Crippen LogP contribution in [0.2, 0.25) is 0 Å². The van der Waals surface area contributed by atoms with Crippen molar-refractivity contribution in [3.05, 3.63) is 27.7 Å². The van der Waals surface area contributed by atoms with Gasteiger partial charge in [0.25, 0.3) is 0 Å². The number of rotatable bonds is 0. The first kappa shape index (κ1) is 10.7. The number of aromatic nitrogens is 2. The molecule has 0 N–H and O–H groups in total. The second-order valence-electron chi connectivity index (χ2n) is 3.40. The second kappa shape index (κ2) is 3.10. The van der Waals surface area contributed by atoms with E-state index in [1.807, 2.05) is 0 Å². The molecule has 0 spiro atoms. The zero-order valence-corrected chi connectivity index (χ0v) is 8.42. The second-order valence-corrected chi connectivity index (χ2v) is 3.40. The number of aryl methyl sites for hydroxylation is 2. The summed E-state index contributed by atoms with van der Waals surface area (Å²) in [5.41, 5.74) is -1.70. The van der Waals surface area contributed by atoms with Crippen molar-refractivity contribution in [1.82, 2.24) is 9.78 Å². The van der Waals surface area contributed by atoms with Gasteiger partial charge in [0.1, 0.15) is 0 Å². The van der Waals surface area contributed by atoms with E-state index in [1.54, 1.807) is 0 Å². The first-order chi connectivity index (χ1) is 7.30. The van der Waals surface area contributed by atoms with Crippen LogP contribution < -0.4 is 5.63 Å². The van der Waals surface area contributed by atoms with Crippen molar-refractivity contribution in [3.8, 4) is 0 Å². The summed E-state index contributed by atoms with van der Waals surface area (Å²) in [6, 6.07) is 1.01. The van der Waals surface area contributed by atoms with Gasteiger partial charge in [0, 0.05) is 13.1 Å². The zero-order valence-electron chi connectivity index (χ0n) is 8.42. The summed E-state index contributed by atoms with van der Waals surface area (Å²) in [7, 11) is 1.29. The van der Waals surface area contributed by atoms with Crippen molar-refractivity contribution in [2.24, 2.45) is 7.05 Å². The summed E-state index contributed by atoms with van der Waals surface area (Å²) in [5.74, 6) is 0. The molecule has 0 aromatic carbocycles. The average molecular weight is 232 g/mol. The Hall–Kier alpha value is -1.79. The van der Waals surface area contributed by atoms with Crippen LogP contribution in [0.15, 0.2) is 15.3 Å². The number of hydrogen-bond donors (Lipinski definition) is 0. The summed E-state index contributed by atoms with van der Waals surface area (Å²) < 4.78 is 43.5. The predicted molar refractivity (Wildman–Crippen MR) is 49.0 cm³/mol. The van der Waals surface area contributed by atoms with Gasteiger partial charge in [0.15, 0.2) is 5.69 Å². The number of halogens is 3. The van der Waals surface area contributed by atoms with Crippen LogP contribution >= 0.6 is 0 Å². The molecule has 86 valence electrons. The molecule has 7 heteroatoms. The molecule has 0 saturated heterocycles. The Kier molecular flexibility index (Phi) is 2.08. The minimum atomic E-state index is -4.57. The largest absolute Gasteiger partial charge is 0.435 e. The van der Waals surface area contributed by atoms with Crippen LogP contribution in [0.1, 0.15) is 11.3 Å². The maximum Gasteiger partial charge on any atom is 0.435 e. The fourth-order valence-electron chi connectivity index (χ4n) is 1.55. The lowest BCUT2D eigenvalue weighted by atomic mass is 10.2. The van der Waals surface area contributed by atoms with E-state index in [2.05, 4.69) is 5.10 Å². The molecule has 0 radical (unpaired) electrons. The third kappa shape index (κ3) is 1.48. The van der Waals surface area contributed by atoms with Crippen molar-refractivity contribution in [1.29, 1.82) is 0 Å². The van der Waals surface area contributed by atoms with Gasteiger partial charge in [0.2, 0.25) is 5.71 Å². The van der Waals surface area contributed by atoms with E-state index in [9.17, 15) is 18.0 Å². The van der Waals surface area contributed by atoms with Crippen LogP contribution in [-0.2, 0) is 13.2 Å². The van der Waals surface area contributed by atoms with Gasteiger partial charge in [-0.15, -0.1) is 0 Å². The summed E-state index contributed by atoms with van der Waals surface area (Å²) in [5, 5.41) is 3.15. The summed E-state index contributed by atoms with van der Waals surface area (Å²) in [4.78, 5) is 11.0. The smallest absolute Gasteiger partial charge is 0.404 e. The highest BCUT2D eigenvalue weighted by molar-refractivity contribution is 5.80. The van der Waals surface area contributed by atoms with E-state index in [-0.39, 0.29) is 16.7 Å². The molecule has 0 aliphatic heterocycles. The molecular weight excluding hydrogens is 225 g/mol. The summed E-state index contributed by atoms with van der Waals surface area (Å²) in [6.07, 6.45) is -4.57. The fraction of sp³-hybridized carbons (Fsp3) is 0.333. The molecule has 0 fully saturated rings. The number of nitrogens with zero attached hydrogens (tertiary/aromatic N) is 2. The van der Waals surface area contributed by atoms with Crippen LogP contribution in [0.25, 0.3) is 11.1 Å². The lowest BCUT2D eigenvalue weighted by molar-refractivity contribution is -0.140. The molecule has 0 aliphatic carbocycles. The van der Waals surface area contributed by atoms with E-state index in [1.165, 1.54) is 14.0 Å². The number of fused-ring (bicyclic) bond motifs is 1. The minimum Gasteiger partial charge on any atom is -0.404 e. The molecule has 0 amide bonds. The minimum absolute atomic E-state index is 0.169. The maximum absolute atomic E-state index is 12.6. The highest BCUT2D eigenvalue weighted by Gasteiger charge is 2.37. The predicted octanol–water partition coefficient (Wildman–Crippen LogP) is 1.85. The van der Waals surface area contributed by atoms with Crippen LogP contribution in [0.5, 0.6) is 0 Å². The lowest BCUT2D eigenvalue weighted by Gasteiger charge is -2.02. The van der Waals surface area contributed by atoms with Crippen LogP contribution in [-0.4, -0.2) is 9.78 Å². The molecule has 0 atom stereocenters. The lowest BCUT2D eigenvalue weighted by Crippen LogP contribution is -2.07. The van der Waals surface area contributed by atoms with Crippen molar-refractivity contribution >= 4 is 11.1 Å². The highest BCUT2D eigenvalue weighted by Crippen LogP contribution is 2.34. The monoisotopic (exact) mass is 232 g/mol. The van der Waals surface area contributed by atoms with Gasteiger partial charge in [-0.1, -0.05) is 0 Å². The Labute approximate surface area is 87.3 Å². The summed E-state index contributed by atoms with van der Waals surface area (Å²) >= 11 is 0. The van der Waals surface area contributed by atoms with Crippen molar-refractivity contribution < 1.29 is 17.6 Å². The Morgan fingerprint density at radius 1 is 1.44 bits per heavy atom. The molecule has 2 rings (SSSR count). The molecular formula is C9H7F3N2O2. The number of alkyl halides is 3. The van der Waals surface area contributed by atoms with Gasteiger partial charge in [-0.3, -0.25) is 0 Å². The topological polar surface area (TPSA) is 48.0 Å². The van der Waals surface area contributed by atoms with Gasteiger partial charge >= 0.3 is 11.8 Å². The molecule has 4 nitrogen and oxygen atoms in total. The summed E-state index contributed by atoms with van der Waals surface area (Å²) in [6.45, 7) is 1.41. The highest BCUT2D eigenvalue weighted by atomic mass is 19.4. The zero-order chi connectivity index (χ0) is 12.1. The normalized spacial score (nSPS) is 12.3. The average Bonchev–Trinajstić information content (AvgIpc) is 2.43. The SMILES string of the molecule is Cc1cc(=O)oc2c1c(C(F)(F)F)nn2C. The van der Waals surface area contributed by atoms with Crippen molar-refractivity contribution in [3.63, 3.8) is 0 Å². The molecule has 0 aliphatic rings. The van der Waals surface area contributed by atoms with Gasteiger partial charge in [0.05, 0.1) is 5.39 Å². The fourth-order valence-corrected chi connectivity index (χ4v) is 1.55. The molecule has 0 saturated carbocycles. The maximum atomic E-state index is 12.6. The standard InChI is InChI=1S/C9H7F3N2O2/c1-4-3-5(15)16-8-6(4)7(9(10,11)12)13-14(8)2/h3H,1-2H3. The van der Waals surface area contributed by atoms with Gasteiger partial charge in [-0.2, -0.15) is 18.3 Å². The Morgan fingerprint density at radius 2 is 2.06 bits per heavy atom. The first-order valence-electron chi connectivity index (χ1n) is 4.35. The Morgan fingerprint density at radius 3 is 2.62 bits per heavy atom. The van der Waals surface area contributed by atoms with Crippen molar-refractivity contribution in [2.75, 3.05) is 0 Å². The Balaban J connectivity index is 2.95. The number of hydrogen-bond acceptors (Lipinski definition) is 3. The van der Waals surface area contributed by atoms with Gasteiger partial charge in [-0.05, 0) is 12.5 Å². The third-order valence-electron chi connectivity index (χ3n) is 2.19. The molecule has 2 heterocycles. The molecule has 2 aromatic heterocycles. The molecule has 2 aromatic rings. The first-order valence-corrected chi connectivity index (χ1v) is 4.35. The van der Waals surface area contributed by atoms with Crippen LogP contribution in [0, 0.1) is 6.92 Å². The van der Waals surface area contributed by atoms with E-state index in [0.717, 1.165) is 10.7 Å². The molecule has 16 heavy (non-hydrogen) atoms. The molecule has 0 unspecified atom stereocenters. The van der Waals surface area contributed by atoms with E-state index in [0.29, 0.717) is 0 Å². The van der Waals surface area contributed by atoms with Gasteiger partial charge < -0.3 is 4.42 Å². The van der Waals surface area contributed by atoms with Crippen molar-refractivity contribution in [2.45, 2.75) is 13.1 Å². The Bertz CT molecular complexity index is 609.